The summed E-state index contributed by atoms with van der Waals surface area (Å²) in [5.74, 6) is -1.13. The van der Waals surface area contributed by atoms with Crippen molar-refractivity contribution in [1.82, 2.24) is 9.88 Å². The highest BCUT2D eigenvalue weighted by Gasteiger charge is 2.43. The number of ether oxygens (including phenoxy) is 1. The zero-order valence-electron chi connectivity index (χ0n) is 19.1. The second kappa shape index (κ2) is 8.19. The molecule has 0 amide bonds. The zero-order chi connectivity index (χ0) is 24.3. The molecule has 1 aliphatic heterocycles. The minimum atomic E-state index is -0.577. The van der Waals surface area contributed by atoms with E-state index in [1.54, 1.807) is 12.1 Å². The molecule has 7 heteroatoms. The fourth-order valence-electron chi connectivity index (χ4n) is 5.12. The van der Waals surface area contributed by atoms with Crippen LogP contribution < -0.4 is 5.32 Å². The number of hydrogen-bond acceptors (Lipinski definition) is 4. The van der Waals surface area contributed by atoms with Crippen molar-refractivity contribution >= 4 is 40.7 Å². The summed E-state index contributed by atoms with van der Waals surface area (Å²) in [7, 11) is 1.35. The molecule has 0 fully saturated rings. The van der Waals surface area contributed by atoms with Crippen molar-refractivity contribution in [3.8, 4) is 5.69 Å². The molecule has 34 heavy (non-hydrogen) atoms. The standard InChI is InChI=1S/C27H22Cl2N2O3/c1-13-11-19(15(3)31(13)16-9-10-20(28)21(29)12-16)23-22(27(33)34-4)14(2)30-25-17-7-5-6-8-18(17)26(32)24(23)25/h5-12,23,30H,1-4H3/t23-/m1/s1. The van der Waals surface area contributed by atoms with Crippen molar-refractivity contribution in [2.24, 2.45) is 0 Å². The predicted molar refractivity (Wildman–Crippen MR) is 134 cm³/mol. The van der Waals surface area contributed by atoms with Crippen molar-refractivity contribution in [3.63, 3.8) is 0 Å². The van der Waals surface area contributed by atoms with Crippen molar-refractivity contribution in [3.05, 3.63) is 103 Å². The van der Waals surface area contributed by atoms with E-state index in [-0.39, 0.29) is 5.78 Å². The Morgan fingerprint density at radius 1 is 1.00 bits per heavy atom. The van der Waals surface area contributed by atoms with E-state index in [1.165, 1.54) is 7.11 Å². The van der Waals surface area contributed by atoms with Gasteiger partial charge in [-0.1, -0.05) is 47.5 Å². The van der Waals surface area contributed by atoms with Crippen LogP contribution in [0.15, 0.2) is 65.4 Å². The van der Waals surface area contributed by atoms with Gasteiger partial charge in [0.05, 0.1) is 34.3 Å². The number of dihydropyridines is 1. The fraction of sp³-hybridized carbons (Fsp3) is 0.185. The Hall–Kier alpha value is -3.28. The van der Waals surface area contributed by atoms with Gasteiger partial charge >= 0.3 is 5.97 Å². The average molecular weight is 493 g/mol. The number of benzene rings is 2. The van der Waals surface area contributed by atoms with Crippen molar-refractivity contribution < 1.29 is 14.3 Å². The monoisotopic (exact) mass is 492 g/mol. The third-order valence-corrected chi connectivity index (χ3v) is 7.34. The van der Waals surface area contributed by atoms with E-state index in [9.17, 15) is 9.59 Å². The molecule has 0 saturated heterocycles. The van der Waals surface area contributed by atoms with Gasteiger partial charge in [-0.25, -0.2) is 4.79 Å². The summed E-state index contributed by atoms with van der Waals surface area (Å²) >= 11 is 12.4. The van der Waals surface area contributed by atoms with Gasteiger partial charge in [-0.2, -0.15) is 0 Å². The van der Waals surface area contributed by atoms with E-state index in [2.05, 4.69) is 9.88 Å². The summed E-state index contributed by atoms with van der Waals surface area (Å²) in [4.78, 5) is 26.6. The van der Waals surface area contributed by atoms with Gasteiger partial charge in [0.1, 0.15) is 0 Å². The van der Waals surface area contributed by atoms with E-state index in [0.717, 1.165) is 33.9 Å². The number of nitrogens with zero attached hydrogens (tertiary/aromatic N) is 1. The summed E-state index contributed by atoms with van der Waals surface area (Å²) < 4.78 is 7.21. The van der Waals surface area contributed by atoms with Gasteiger partial charge in [0, 0.05) is 39.5 Å². The predicted octanol–water partition coefficient (Wildman–Crippen LogP) is 6.14. The van der Waals surface area contributed by atoms with Gasteiger partial charge in [0.2, 0.25) is 0 Å². The number of rotatable bonds is 3. The second-order valence-electron chi connectivity index (χ2n) is 8.51. The lowest BCUT2D eigenvalue weighted by Gasteiger charge is -2.29. The van der Waals surface area contributed by atoms with E-state index < -0.39 is 11.9 Å². The lowest BCUT2D eigenvalue weighted by Crippen LogP contribution is -2.29. The molecule has 1 N–H and O–H groups in total. The molecule has 172 valence electrons. The van der Waals surface area contributed by atoms with Gasteiger partial charge in [-0.15, -0.1) is 0 Å². The molecule has 1 aliphatic carbocycles. The molecular weight excluding hydrogens is 471 g/mol. The van der Waals surface area contributed by atoms with Gasteiger partial charge < -0.3 is 14.6 Å². The Labute approximate surface area is 207 Å². The minimum Gasteiger partial charge on any atom is -0.466 e. The lowest BCUT2D eigenvalue weighted by molar-refractivity contribution is -0.136. The Balaban J connectivity index is 1.75. The van der Waals surface area contributed by atoms with Crippen molar-refractivity contribution in [1.29, 1.82) is 0 Å². The Morgan fingerprint density at radius 3 is 2.38 bits per heavy atom. The Bertz CT molecular complexity index is 1460. The summed E-state index contributed by atoms with van der Waals surface area (Å²) in [6, 6.07) is 15.0. The van der Waals surface area contributed by atoms with Crippen LogP contribution in [0.3, 0.4) is 0 Å². The quantitative estimate of drug-likeness (QED) is 0.445. The molecule has 0 spiro atoms. The van der Waals surface area contributed by atoms with Crippen LogP contribution in [0.25, 0.3) is 11.4 Å². The molecule has 2 aromatic carbocycles. The number of fused-ring (bicyclic) bond motifs is 2. The van der Waals surface area contributed by atoms with Crippen LogP contribution in [0.1, 0.15) is 45.7 Å². The summed E-state index contributed by atoms with van der Waals surface area (Å²) in [5.41, 5.74) is 7.41. The highest BCUT2D eigenvalue weighted by atomic mass is 35.5. The van der Waals surface area contributed by atoms with Gasteiger partial charge in [0.25, 0.3) is 0 Å². The maximum Gasteiger partial charge on any atom is 0.336 e. The maximum absolute atomic E-state index is 13.6. The van der Waals surface area contributed by atoms with Crippen LogP contribution in [-0.4, -0.2) is 23.4 Å². The van der Waals surface area contributed by atoms with Crippen LogP contribution >= 0.6 is 23.2 Å². The molecule has 5 rings (SSSR count). The number of esters is 1. The first-order valence-corrected chi connectivity index (χ1v) is 11.6. The van der Waals surface area contributed by atoms with E-state index in [4.69, 9.17) is 27.9 Å². The molecule has 2 aliphatic rings. The van der Waals surface area contributed by atoms with Crippen molar-refractivity contribution in [2.75, 3.05) is 7.11 Å². The smallest absolute Gasteiger partial charge is 0.336 e. The van der Waals surface area contributed by atoms with Crippen LogP contribution in [0, 0.1) is 13.8 Å². The summed E-state index contributed by atoms with van der Waals surface area (Å²) in [6.07, 6.45) is 0. The number of aromatic nitrogens is 1. The maximum atomic E-state index is 13.6. The number of ketones is 1. The highest BCUT2D eigenvalue weighted by molar-refractivity contribution is 6.42. The highest BCUT2D eigenvalue weighted by Crippen LogP contribution is 2.48. The number of Topliss-reactive ketones (excluding diaryl/α,β-unsaturated/α-hetero) is 1. The molecule has 0 saturated carbocycles. The number of halogens is 2. The number of carbonyl (C=O) groups is 2. The molecular formula is C27H22Cl2N2O3. The summed E-state index contributed by atoms with van der Waals surface area (Å²) in [5, 5.41) is 4.24. The number of nitrogens with one attached hydrogen (secondary N) is 1. The van der Waals surface area contributed by atoms with E-state index in [0.29, 0.717) is 32.5 Å². The fourth-order valence-corrected chi connectivity index (χ4v) is 5.41. The van der Waals surface area contributed by atoms with Crippen LogP contribution in [0.4, 0.5) is 0 Å². The molecule has 0 bridgehead atoms. The first-order chi connectivity index (χ1) is 16.2. The topological polar surface area (TPSA) is 60.3 Å². The molecule has 1 atom stereocenters. The average Bonchev–Trinajstić information content (AvgIpc) is 3.27. The largest absolute Gasteiger partial charge is 0.466 e. The summed E-state index contributed by atoms with van der Waals surface area (Å²) in [6.45, 7) is 5.80. The SMILES string of the molecule is COC(=O)C1=C(C)NC2=C(C(=O)c3ccccc32)[C@@H]1c1cc(C)n(-c2ccc(Cl)c(Cl)c2)c1C. The molecule has 1 aromatic heterocycles. The van der Waals surface area contributed by atoms with E-state index >= 15 is 0 Å². The number of carbonyl (C=O) groups excluding carboxylic acids is 2. The number of methoxy groups -OCH3 is 1. The molecule has 0 radical (unpaired) electrons. The third-order valence-electron chi connectivity index (χ3n) is 6.60. The first kappa shape index (κ1) is 22.5. The molecule has 0 unspecified atom stereocenters. The first-order valence-electron chi connectivity index (χ1n) is 10.8. The number of hydrogen-bond donors (Lipinski definition) is 1. The van der Waals surface area contributed by atoms with Gasteiger partial charge in [-0.05, 0) is 50.6 Å². The van der Waals surface area contributed by atoms with Crippen LogP contribution in [-0.2, 0) is 9.53 Å². The van der Waals surface area contributed by atoms with Crippen LogP contribution in [0.5, 0.6) is 0 Å². The third kappa shape index (κ3) is 3.23. The molecule has 3 aromatic rings. The second-order valence-corrected chi connectivity index (χ2v) is 9.33. The minimum absolute atomic E-state index is 0.0867. The Morgan fingerprint density at radius 2 is 1.71 bits per heavy atom. The lowest BCUT2D eigenvalue weighted by atomic mass is 9.79. The molecule has 2 heterocycles. The van der Waals surface area contributed by atoms with E-state index in [1.807, 2.05) is 57.2 Å². The zero-order valence-corrected chi connectivity index (χ0v) is 20.6. The normalized spacial score (nSPS) is 17.0. The van der Waals surface area contributed by atoms with Gasteiger partial charge in [-0.3, -0.25) is 4.79 Å². The van der Waals surface area contributed by atoms with Crippen LogP contribution in [0.2, 0.25) is 10.0 Å². The number of aryl methyl sites for hydroxylation is 1. The Kier molecular flexibility index (Phi) is 5.42. The van der Waals surface area contributed by atoms with Crippen molar-refractivity contribution in [2.45, 2.75) is 26.7 Å². The molecule has 5 nitrogen and oxygen atoms in total. The number of allylic oxidation sites excluding steroid dienone is 2. The van der Waals surface area contributed by atoms with Gasteiger partial charge in [0.15, 0.2) is 5.78 Å².